The van der Waals surface area contributed by atoms with E-state index in [1.807, 2.05) is 11.0 Å². The van der Waals surface area contributed by atoms with Crippen molar-refractivity contribution < 1.29 is 32.7 Å². The number of piperidine rings is 1. The van der Waals surface area contributed by atoms with E-state index in [9.17, 15) is 22.8 Å². The van der Waals surface area contributed by atoms with Gasteiger partial charge in [-0.05, 0) is 66.7 Å². The zero-order valence-electron chi connectivity index (χ0n) is 22.7. The minimum absolute atomic E-state index is 0.0259. The lowest BCUT2D eigenvalue weighted by molar-refractivity contribution is -0.156. The fourth-order valence-electron chi connectivity index (χ4n) is 5.01. The van der Waals surface area contributed by atoms with Crippen LogP contribution in [0.5, 0.6) is 0 Å². The summed E-state index contributed by atoms with van der Waals surface area (Å²) in [5.41, 5.74) is 4.99. The molecule has 1 aliphatic carbocycles. The Hall–Kier alpha value is -3.82. The molecular weight excluding hydrogens is 539 g/mol. The van der Waals surface area contributed by atoms with E-state index in [1.165, 1.54) is 23.8 Å². The molecule has 220 valence electrons. The molecule has 2 heterocycles. The second kappa shape index (κ2) is 15.3. The normalized spacial score (nSPS) is 15.8. The number of rotatable bonds is 9. The van der Waals surface area contributed by atoms with Gasteiger partial charge in [0.15, 0.2) is 5.82 Å². The first kappa shape index (κ1) is 31.7. The molecule has 0 bridgehead atoms. The summed E-state index contributed by atoms with van der Waals surface area (Å²) in [4.78, 5) is 42.7. The molecule has 1 aromatic heterocycles. The Kier molecular flexibility index (Phi) is 11.8. The lowest BCUT2D eigenvalue weighted by Gasteiger charge is -2.33. The molecule has 1 aliphatic heterocycles. The summed E-state index contributed by atoms with van der Waals surface area (Å²) in [5, 5.41) is 20.8. The quantitative estimate of drug-likeness (QED) is 0.236. The maximum absolute atomic E-state index is 12.9. The van der Waals surface area contributed by atoms with E-state index in [-0.39, 0.29) is 42.8 Å². The number of carbonyl (C=O) groups excluding carboxylic acids is 3. The van der Waals surface area contributed by atoms with E-state index in [0.29, 0.717) is 12.5 Å². The minimum Gasteiger partial charge on any atom is -0.395 e. The number of nitrogens with zero attached hydrogens (tertiary/aromatic N) is 3. The van der Waals surface area contributed by atoms with Crippen LogP contribution < -0.4 is 5.32 Å². The highest BCUT2D eigenvalue weighted by molar-refractivity contribution is 5.95. The van der Waals surface area contributed by atoms with Gasteiger partial charge in [0, 0.05) is 26.1 Å². The zero-order valence-corrected chi connectivity index (χ0v) is 22.7. The van der Waals surface area contributed by atoms with Gasteiger partial charge < -0.3 is 20.3 Å². The van der Waals surface area contributed by atoms with E-state index < -0.39 is 12.5 Å². The molecule has 1 saturated heterocycles. The number of allylic oxidation sites excluding steroid dienone is 2. The number of aliphatic hydroxyl groups is 1. The molecule has 0 radical (unpaired) electrons. The highest BCUT2D eigenvalue weighted by Crippen LogP contribution is 2.35. The molecule has 0 saturated carbocycles. The molecule has 0 unspecified atom stereocenters. The van der Waals surface area contributed by atoms with Gasteiger partial charge in [0.2, 0.25) is 18.0 Å². The van der Waals surface area contributed by atoms with Gasteiger partial charge in [0.25, 0.3) is 0 Å². The number of aldehydes is 1. The van der Waals surface area contributed by atoms with Crippen LogP contribution in [-0.2, 0) is 16.0 Å². The second-order valence-corrected chi connectivity index (χ2v) is 9.96. The number of aliphatic hydroxyl groups excluding tert-OH is 1. The lowest BCUT2D eigenvalue weighted by Crippen LogP contribution is -2.43. The van der Waals surface area contributed by atoms with Gasteiger partial charge in [-0.3, -0.25) is 14.4 Å². The summed E-state index contributed by atoms with van der Waals surface area (Å²) in [6.07, 6.45) is 4.46. The third-order valence-corrected chi connectivity index (χ3v) is 7.10. The molecule has 0 atom stereocenters. The minimum atomic E-state index is -4.64. The maximum Gasteiger partial charge on any atom is 0.446 e. The number of halogens is 3. The molecule has 9 nitrogen and oxygen atoms in total. The number of aromatic amines is 1. The van der Waals surface area contributed by atoms with E-state index >= 15 is 0 Å². The van der Waals surface area contributed by atoms with Crippen molar-refractivity contribution in [3.05, 3.63) is 58.7 Å². The maximum atomic E-state index is 12.9. The summed E-state index contributed by atoms with van der Waals surface area (Å²) in [6, 6.07) is 8.44. The van der Waals surface area contributed by atoms with E-state index in [2.05, 4.69) is 39.6 Å². The number of carbonyl (C=O) groups is 3. The molecule has 1 aromatic carbocycles. The monoisotopic (exact) mass is 573 g/mol. The largest absolute Gasteiger partial charge is 0.446 e. The first-order valence-electron chi connectivity index (χ1n) is 13.6. The van der Waals surface area contributed by atoms with Crippen LogP contribution in [0.15, 0.2) is 30.5 Å². The standard InChI is InChI=1S/C27H33N5O3.C2HF3O/c28-16-23-17-30-27(31-23)25(34)15-22-7-6-21(14-24(22)20-4-2-1-3-5-20)19-8-11-32(12-9-19)26(35)18-29-10-13-33;3-2(4,5)1-6/h4,6-7,14,17,19,29,33H,1-3,5,8-13,15,18H2,(H,30,31);1H. The molecule has 1 fully saturated rings. The van der Waals surface area contributed by atoms with Gasteiger partial charge in [-0.2, -0.15) is 18.4 Å². The van der Waals surface area contributed by atoms with Crippen molar-refractivity contribution in [2.75, 3.05) is 32.8 Å². The number of Topliss-reactive ketones (excluding diaryl/α,β-unsaturated/α-hetero) is 1. The number of nitrogens with one attached hydrogen (secondary N) is 2. The Bertz CT molecular complexity index is 1270. The van der Waals surface area contributed by atoms with Crippen molar-refractivity contribution in [1.82, 2.24) is 20.2 Å². The summed E-state index contributed by atoms with van der Waals surface area (Å²) in [7, 11) is 0. The van der Waals surface area contributed by atoms with Crippen LogP contribution >= 0.6 is 0 Å². The molecule has 4 rings (SSSR count). The number of likely N-dealkylation sites (tertiary alicyclic amines) is 1. The highest BCUT2D eigenvalue weighted by Gasteiger charge is 2.26. The SMILES string of the molecule is N#Cc1cnc(C(=O)Cc2ccc(C3CCN(C(=O)CNCCO)CC3)cc2C2=CCCCC2)[nH]1.O=CC(F)(F)F. The molecule has 1 amide bonds. The number of nitriles is 1. The number of hydrogen-bond donors (Lipinski definition) is 3. The van der Waals surface area contributed by atoms with E-state index in [4.69, 9.17) is 15.2 Å². The highest BCUT2D eigenvalue weighted by atomic mass is 19.4. The van der Waals surface area contributed by atoms with Crippen LogP contribution in [0, 0.1) is 11.3 Å². The average Bonchev–Trinajstić information content (AvgIpc) is 3.48. The van der Waals surface area contributed by atoms with Crippen molar-refractivity contribution in [3.8, 4) is 6.07 Å². The van der Waals surface area contributed by atoms with Gasteiger partial charge in [-0.15, -0.1) is 0 Å². The topological polar surface area (TPSA) is 139 Å². The van der Waals surface area contributed by atoms with Crippen molar-refractivity contribution in [3.63, 3.8) is 0 Å². The first-order valence-corrected chi connectivity index (χ1v) is 13.6. The third-order valence-electron chi connectivity index (χ3n) is 7.10. The Morgan fingerprint density at radius 3 is 2.56 bits per heavy atom. The van der Waals surface area contributed by atoms with Gasteiger partial charge in [-0.25, -0.2) is 4.98 Å². The van der Waals surface area contributed by atoms with Crippen molar-refractivity contribution in [1.29, 1.82) is 5.26 Å². The van der Waals surface area contributed by atoms with Crippen LogP contribution in [0.4, 0.5) is 13.2 Å². The number of alkyl halides is 3. The number of aromatic nitrogens is 2. The van der Waals surface area contributed by atoms with Crippen LogP contribution in [0.1, 0.15) is 77.4 Å². The zero-order chi connectivity index (χ0) is 29.8. The number of benzene rings is 1. The number of ketones is 1. The van der Waals surface area contributed by atoms with Crippen LogP contribution in [0.25, 0.3) is 5.57 Å². The summed E-state index contributed by atoms with van der Waals surface area (Å²) >= 11 is 0. The molecule has 3 N–H and O–H groups in total. The average molecular weight is 574 g/mol. The molecule has 0 spiro atoms. The number of H-pyrrole nitrogens is 1. The predicted molar refractivity (Wildman–Crippen MR) is 145 cm³/mol. The second-order valence-electron chi connectivity index (χ2n) is 9.96. The summed E-state index contributed by atoms with van der Waals surface area (Å²) < 4.78 is 31.2. The summed E-state index contributed by atoms with van der Waals surface area (Å²) in [5.74, 6) is 0.551. The van der Waals surface area contributed by atoms with Crippen LogP contribution in [-0.4, -0.2) is 76.9 Å². The fourth-order valence-corrected chi connectivity index (χ4v) is 5.01. The molecular formula is C29H34F3N5O4. The number of imidazole rings is 1. The Labute approximate surface area is 236 Å². The van der Waals surface area contributed by atoms with Crippen molar-refractivity contribution >= 4 is 23.5 Å². The molecule has 2 aromatic rings. The fraction of sp³-hybridized carbons (Fsp3) is 0.483. The van der Waals surface area contributed by atoms with E-state index in [1.54, 1.807) is 0 Å². The molecule has 41 heavy (non-hydrogen) atoms. The van der Waals surface area contributed by atoms with Gasteiger partial charge in [0.1, 0.15) is 11.8 Å². The smallest absolute Gasteiger partial charge is 0.395 e. The van der Waals surface area contributed by atoms with Crippen molar-refractivity contribution in [2.24, 2.45) is 0 Å². The summed E-state index contributed by atoms with van der Waals surface area (Å²) in [6.45, 7) is 2.16. The Morgan fingerprint density at radius 1 is 1.24 bits per heavy atom. The number of hydrogen-bond acceptors (Lipinski definition) is 7. The van der Waals surface area contributed by atoms with Gasteiger partial charge >= 0.3 is 6.18 Å². The Morgan fingerprint density at radius 2 is 1.98 bits per heavy atom. The van der Waals surface area contributed by atoms with E-state index in [0.717, 1.165) is 56.3 Å². The first-order chi connectivity index (χ1) is 19.6. The van der Waals surface area contributed by atoms with Gasteiger partial charge in [-0.1, -0.05) is 24.3 Å². The van der Waals surface area contributed by atoms with Crippen LogP contribution in [0.3, 0.4) is 0 Å². The molecule has 12 heteroatoms. The van der Waals surface area contributed by atoms with Crippen LogP contribution in [0.2, 0.25) is 0 Å². The lowest BCUT2D eigenvalue weighted by atomic mass is 9.83. The Balaban J connectivity index is 0.000000696. The van der Waals surface area contributed by atoms with Crippen molar-refractivity contribution in [2.45, 2.75) is 57.0 Å². The van der Waals surface area contributed by atoms with Gasteiger partial charge in [0.05, 0.1) is 19.3 Å². The number of amides is 1. The third kappa shape index (κ3) is 9.65. The molecule has 2 aliphatic rings. The predicted octanol–water partition coefficient (Wildman–Crippen LogP) is 3.70.